The van der Waals surface area contributed by atoms with Crippen molar-refractivity contribution in [2.75, 3.05) is 36.4 Å². The van der Waals surface area contributed by atoms with Gasteiger partial charge in [-0.1, -0.05) is 6.07 Å². The number of carbonyl (C=O) groups excluding carboxylic acids is 2. The molecule has 2 amide bonds. The highest BCUT2D eigenvalue weighted by Gasteiger charge is 2.20. The Hall–Kier alpha value is -3.03. The zero-order valence-corrected chi connectivity index (χ0v) is 13.8. The van der Waals surface area contributed by atoms with Crippen molar-refractivity contribution in [2.45, 2.75) is 6.92 Å². The Labute approximate surface area is 144 Å². The highest BCUT2D eigenvalue weighted by Crippen LogP contribution is 2.13. The van der Waals surface area contributed by atoms with E-state index in [0.29, 0.717) is 37.8 Å². The Morgan fingerprint density at radius 3 is 2.40 bits per heavy atom. The predicted molar refractivity (Wildman–Crippen MR) is 90.9 cm³/mol. The molecule has 25 heavy (non-hydrogen) atoms. The van der Waals surface area contributed by atoms with Crippen LogP contribution in [0.3, 0.4) is 0 Å². The number of anilines is 2. The number of benzene rings is 1. The molecule has 1 aliphatic heterocycles. The molecule has 2 heterocycles. The maximum absolute atomic E-state index is 13.2. The van der Waals surface area contributed by atoms with Gasteiger partial charge in [0.1, 0.15) is 5.82 Å². The van der Waals surface area contributed by atoms with E-state index in [1.165, 1.54) is 30.6 Å². The lowest BCUT2D eigenvalue weighted by atomic mass is 10.2. The average molecular weight is 343 g/mol. The molecule has 1 fully saturated rings. The van der Waals surface area contributed by atoms with Gasteiger partial charge in [-0.3, -0.25) is 9.59 Å². The van der Waals surface area contributed by atoms with Crippen molar-refractivity contribution in [1.82, 2.24) is 14.9 Å². The second-order valence-electron chi connectivity index (χ2n) is 5.73. The lowest BCUT2D eigenvalue weighted by Crippen LogP contribution is -2.48. The molecular formula is C17H18FN5O2. The zero-order valence-electron chi connectivity index (χ0n) is 13.8. The molecule has 2 aromatic rings. The van der Waals surface area contributed by atoms with Crippen LogP contribution in [0.15, 0.2) is 36.7 Å². The van der Waals surface area contributed by atoms with Crippen molar-refractivity contribution < 1.29 is 14.0 Å². The second kappa shape index (κ2) is 7.25. The van der Waals surface area contributed by atoms with Crippen LogP contribution >= 0.6 is 0 Å². The molecule has 3 rings (SSSR count). The Balaban J connectivity index is 1.62. The van der Waals surface area contributed by atoms with Gasteiger partial charge in [-0.2, -0.15) is 0 Å². The largest absolute Gasteiger partial charge is 0.339 e. The van der Waals surface area contributed by atoms with Crippen LogP contribution in [0.25, 0.3) is 0 Å². The molecule has 8 heteroatoms. The van der Waals surface area contributed by atoms with Crippen LogP contribution in [0.1, 0.15) is 17.3 Å². The zero-order chi connectivity index (χ0) is 17.8. The number of hydrogen-bond donors (Lipinski definition) is 1. The summed E-state index contributed by atoms with van der Waals surface area (Å²) in [7, 11) is 0. The number of carbonyl (C=O) groups is 2. The van der Waals surface area contributed by atoms with Gasteiger partial charge in [-0.25, -0.2) is 14.4 Å². The van der Waals surface area contributed by atoms with Gasteiger partial charge in [-0.15, -0.1) is 0 Å². The molecule has 0 spiro atoms. The molecule has 1 N–H and O–H groups in total. The smallest absolute Gasteiger partial charge is 0.258 e. The van der Waals surface area contributed by atoms with Crippen molar-refractivity contribution in [3.05, 3.63) is 48.0 Å². The van der Waals surface area contributed by atoms with Crippen molar-refractivity contribution in [1.29, 1.82) is 0 Å². The first-order chi connectivity index (χ1) is 12.0. The van der Waals surface area contributed by atoms with E-state index in [4.69, 9.17) is 0 Å². The summed E-state index contributed by atoms with van der Waals surface area (Å²) in [4.78, 5) is 35.7. The van der Waals surface area contributed by atoms with Crippen LogP contribution < -0.4 is 10.2 Å². The molecule has 0 saturated carbocycles. The minimum atomic E-state index is -0.422. The summed E-state index contributed by atoms with van der Waals surface area (Å²) in [5.74, 6) is -0.247. The predicted octanol–water partition coefficient (Wildman–Crippen LogP) is 1.54. The van der Waals surface area contributed by atoms with E-state index in [2.05, 4.69) is 15.3 Å². The van der Waals surface area contributed by atoms with Gasteiger partial charge >= 0.3 is 0 Å². The Morgan fingerprint density at radius 1 is 1.12 bits per heavy atom. The van der Waals surface area contributed by atoms with Crippen molar-refractivity contribution in [3.8, 4) is 0 Å². The summed E-state index contributed by atoms with van der Waals surface area (Å²) in [5, 5.41) is 2.60. The van der Waals surface area contributed by atoms with Crippen molar-refractivity contribution >= 4 is 23.5 Å². The summed E-state index contributed by atoms with van der Waals surface area (Å²) < 4.78 is 13.2. The molecule has 1 saturated heterocycles. The SMILES string of the molecule is CC(=O)N1CCN(c2ncc(C(=O)Nc3cccc(F)c3)cn2)CC1. The van der Waals surface area contributed by atoms with E-state index in [0.717, 1.165) is 0 Å². The first kappa shape index (κ1) is 16.8. The third-order valence-corrected chi connectivity index (χ3v) is 3.99. The van der Waals surface area contributed by atoms with Gasteiger partial charge in [0.05, 0.1) is 5.56 Å². The molecule has 0 bridgehead atoms. The molecule has 0 atom stereocenters. The standard InChI is InChI=1S/C17H18FN5O2/c1-12(24)22-5-7-23(8-6-22)17-19-10-13(11-20-17)16(25)21-15-4-2-3-14(18)9-15/h2-4,9-11H,5-8H2,1H3,(H,21,25). The lowest BCUT2D eigenvalue weighted by Gasteiger charge is -2.34. The summed E-state index contributed by atoms with van der Waals surface area (Å²) in [6.45, 7) is 4.10. The number of nitrogens with zero attached hydrogens (tertiary/aromatic N) is 4. The van der Waals surface area contributed by atoms with E-state index < -0.39 is 11.7 Å². The molecular weight excluding hydrogens is 325 g/mol. The first-order valence-corrected chi connectivity index (χ1v) is 7.92. The maximum Gasteiger partial charge on any atom is 0.258 e. The van der Waals surface area contributed by atoms with E-state index in [1.54, 1.807) is 17.9 Å². The normalized spacial score (nSPS) is 14.3. The molecule has 0 unspecified atom stereocenters. The molecule has 1 aromatic carbocycles. The van der Waals surface area contributed by atoms with Crippen molar-refractivity contribution in [2.24, 2.45) is 0 Å². The van der Waals surface area contributed by atoms with Crippen molar-refractivity contribution in [3.63, 3.8) is 0 Å². The number of rotatable bonds is 3. The van der Waals surface area contributed by atoms with E-state index in [1.807, 2.05) is 4.90 Å². The fraction of sp³-hybridized carbons (Fsp3) is 0.294. The van der Waals surface area contributed by atoms with Gasteiger partial charge in [0, 0.05) is 51.2 Å². The third-order valence-electron chi connectivity index (χ3n) is 3.99. The fourth-order valence-corrected chi connectivity index (χ4v) is 2.59. The van der Waals surface area contributed by atoms with E-state index in [9.17, 15) is 14.0 Å². The third kappa shape index (κ3) is 4.09. The summed E-state index contributed by atoms with van der Waals surface area (Å²) in [6.07, 6.45) is 2.88. The highest BCUT2D eigenvalue weighted by atomic mass is 19.1. The second-order valence-corrected chi connectivity index (χ2v) is 5.73. The van der Waals surface area contributed by atoms with Gasteiger partial charge in [0.15, 0.2) is 0 Å². The number of hydrogen-bond acceptors (Lipinski definition) is 5. The minimum Gasteiger partial charge on any atom is -0.339 e. The minimum absolute atomic E-state index is 0.0601. The summed E-state index contributed by atoms with van der Waals surface area (Å²) >= 11 is 0. The van der Waals surface area contributed by atoms with E-state index >= 15 is 0 Å². The Morgan fingerprint density at radius 2 is 1.80 bits per heavy atom. The Kier molecular flexibility index (Phi) is 4.87. The average Bonchev–Trinajstić information content (AvgIpc) is 2.62. The van der Waals surface area contributed by atoms with Gasteiger partial charge < -0.3 is 15.1 Å². The molecule has 1 aromatic heterocycles. The number of halogens is 1. The van der Waals surface area contributed by atoms with Crippen LogP contribution in [-0.2, 0) is 4.79 Å². The monoisotopic (exact) mass is 343 g/mol. The lowest BCUT2D eigenvalue weighted by molar-refractivity contribution is -0.129. The number of aromatic nitrogens is 2. The number of piperazine rings is 1. The topological polar surface area (TPSA) is 78.4 Å². The molecule has 0 aliphatic carbocycles. The maximum atomic E-state index is 13.2. The molecule has 130 valence electrons. The van der Waals surface area contributed by atoms with Crippen LogP contribution in [-0.4, -0.2) is 52.9 Å². The van der Waals surface area contributed by atoms with Gasteiger partial charge in [0.2, 0.25) is 11.9 Å². The molecule has 0 radical (unpaired) electrons. The quantitative estimate of drug-likeness (QED) is 0.914. The Bertz CT molecular complexity index is 773. The number of amides is 2. The molecule has 1 aliphatic rings. The summed E-state index contributed by atoms with van der Waals surface area (Å²) in [6, 6.07) is 5.66. The highest BCUT2D eigenvalue weighted by molar-refractivity contribution is 6.03. The van der Waals surface area contributed by atoms with E-state index in [-0.39, 0.29) is 11.5 Å². The van der Waals surface area contributed by atoms with Crippen LogP contribution in [0, 0.1) is 5.82 Å². The first-order valence-electron chi connectivity index (χ1n) is 7.92. The number of nitrogens with one attached hydrogen (secondary N) is 1. The fourth-order valence-electron chi connectivity index (χ4n) is 2.59. The summed E-state index contributed by atoms with van der Waals surface area (Å²) in [5.41, 5.74) is 0.657. The molecule has 7 nitrogen and oxygen atoms in total. The van der Waals surface area contributed by atoms with Gasteiger partial charge in [-0.05, 0) is 18.2 Å². The van der Waals surface area contributed by atoms with Crippen LogP contribution in [0.5, 0.6) is 0 Å². The van der Waals surface area contributed by atoms with Gasteiger partial charge in [0.25, 0.3) is 5.91 Å². The van der Waals surface area contributed by atoms with Crippen LogP contribution in [0.4, 0.5) is 16.0 Å². The van der Waals surface area contributed by atoms with Crippen LogP contribution in [0.2, 0.25) is 0 Å².